The van der Waals surface area contributed by atoms with Crippen molar-refractivity contribution in [3.05, 3.63) is 65.5 Å². The van der Waals surface area contributed by atoms with E-state index in [2.05, 4.69) is 4.98 Å². The monoisotopic (exact) mass is 529 g/mol. The molecule has 0 aromatic carbocycles. The van der Waals surface area contributed by atoms with E-state index in [1.807, 2.05) is 64.1 Å². The number of pyridine rings is 1. The topological polar surface area (TPSA) is 126 Å². The Morgan fingerprint density at radius 1 is 1.26 bits per heavy atom. The van der Waals surface area contributed by atoms with Crippen LogP contribution >= 0.6 is 0 Å². The van der Waals surface area contributed by atoms with E-state index in [4.69, 9.17) is 9.47 Å². The minimum Gasteiger partial charge on any atom is -0.457 e. The van der Waals surface area contributed by atoms with Crippen molar-refractivity contribution in [3.63, 3.8) is 0 Å². The second-order valence-electron chi connectivity index (χ2n) is 10.6. The number of cyclic esters (lactones) is 1. The molecule has 2 heterocycles. The fraction of sp³-hybridized carbons (Fsp3) is 0.567. The van der Waals surface area contributed by atoms with Gasteiger partial charge in [0.2, 0.25) is 0 Å². The second kappa shape index (κ2) is 14.4. The molecule has 1 unspecified atom stereocenters. The highest BCUT2D eigenvalue weighted by Gasteiger charge is 2.35. The largest absolute Gasteiger partial charge is 0.457 e. The lowest BCUT2D eigenvalue weighted by atomic mass is 9.88. The number of aliphatic hydroxyl groups is 3. The number of rotatable bonds is 7. The fourth-order valence-corrected chi connectivity index (χ4v) is 4.29. The van der Waals surface area contributed by atoms with Crippen molar-refractivity contribution in [1.82, 2.24) is 4.98 Å². The first-order chi connectivity index (χ1) is 17.8. The van der Waals surface area contributed by atoms with E-state index in [1.54, 1.807) is 19.1 Å². The van der Waals surface area contributed by atoms with Gasteiger partial charge in [-0.1, -0.05) is 51.1 Å². The van der Waals surface area contributed by atoms with Crippen molar-refractivity contribution >= 4 is 11.9 Å². The summed E-state index contributed by atoms with van der Waals surface area (Å²) in [6, 6.07) is 5.78. The summed E-state index contributed by atoms with van der Waals surface area (Å²) < 4.78 is 11.1. The van der Waals surface area contributed by atoms with Crippen molar-refractivity contribution < 1.29 is 34.4 Å². The van der Waals surface area contributed by atoms with Gasteiger partial charge in [-0.3, -0.25) is 14.6 Å². The number of carbonyl (C=O) groups excluding carboxylic acids is 2. The van der Waals surface area contributed by atoms with Crippen LogP contribution in [0.1, 0.15) is 84.0 Å². The number of allylic oxidation sites excluding steroid dienone is 3. The van der Waals surface area contributed by atoms with Crippen molar-refractivity contribution in [3.8, 4) is 0 Å². The van der Waals surface area contributed by atoms with Gasteiger partial charge in [0.25, 0.3) is 0 Å². The predicted molar refractivity (Wildman–Crippen MR) is 145 cm³/mol. The van der Waals surface area contributed by atoms with Gasteiger partial charge in [0, 0.05) is 36.1 Å². The van der Waals surface area contributed by atoms with Gasteiger partial charge in [-0.05, 0) is 50.5 Å². The third kappa shape index (κ3) is 9.49. The van der Waals surface area contributed by atoms with E-state index in [-0.39, 0.29) is 43.6 Å². The number of nitrogens with zero attached hydrogens (tertiary/aromatic N) is 1. The molecule has 0 radical (unpaired) electrons. The molecule has 1 aromatic rings. The average molecular weight is 530 g/mol. The summed E-state index contributed by atoms with van der Waals surface area (Å²) in [5, 5.41) is 30.7. The Balaban J connectivity index is 2.29. The molecule has 1 aromatic heterocycles. The lowest BCUT2D eigenvalue weighted by molar-refractivity contribution is -0.157. The third-order valence-electron chi connectivity index (χ3n) is 6.86. The van der Waals surface area contributed by atoms with Gasteiger partial charge >= 0.3 is 11.9 Å². The number of aromatic nitrogens is 1. The molecule has 7 atom stereocenters. The van der Waals surface area contributed by atoms with E-state index < -0.39 is 35.9 Å². The number of hydrogen-bond donors (Lipinski definition) is 3. The zero-order valence-electron chi connectivity index (χ0n) is 23.3. The molecule has 0 saturated carbocycles. The second-order valence-corrected chi connectivity index (χ2v) is 10.6. The average Bonchev–Trinajstić information content (AvgIpc) is 2.86. The molecule has 0 amide bonds. The SMILES string of the molecule is CC(=O)O[C@H]1/C=C\[C@H](C)[C@@H](/C(C)=C/C=C/C(C)c2cccc([C@@H](C)CO)n2)OC(=O)C[C@@H](O)CC[C@]1(C)O. The van der Waals surface area contributed by atoms with Crippen LogP contribution in [0.3, 0.4) is 0 Å². The summed E-state index contributed by atoms with van der Waals surface area (Å²) in [7, 11) is 0. The quantitative estimate of drug-likeness (QED) is 0.274. The summed E-state index contributed by atoms with van der Waals surface area (Å²) in [4.78, 5) is 28.9. The Hall–Kier alpha value is -2.81. The van der Waals surface area contributed by atoms with Crippen LogP contribution < -0.4 is 0 Å². The zero-order chi connectivity index (χ0) is 28.5. The lowest BCUT2D eigenvalue weighted by Crippen LogP contribution is -2.42. The molecule has 1 aliphatic rings. The fourth-order valence-electron chi connectivity index (χ4n) is 4.29. The van der Waals surface area contributed by atoms with Gasteiger partial charge in [-0.15, -0.1) is 0 Å². The number of hydrogen-bond acceptors (Lipinski definition) is 8. The molecule has 0 spiro atoms. The molecule has 1 aliphatic heterocycles. The van der Waals surface area contributed by atoms with Crippen molar-refractivity contribution in [2.45, 2.75) is 96.6 Å². The van der Waals surface area contributed by atoms with E-state index in [0.29, 0.717) is 0 Å². The first-order valence-electron chi connectivity index (χ1n) is 13.2. The minimum absolute atomic E-state index is 0.0166. The smallest absolute Gasteiger partial charge is 0.309 e. The van der Waals surface area contributed by atoms with Crippen LogP contribution in [0.15, 0.2) is 54.2 Å². The van der Waals surface area contributed by atoms with Crippen LogP contribution in [-0.4, -0.2) is 62.8 Å². The number of esters is 2. The van der Waals surface area contributed by atoms with Crippen LogP contribution in [0.5, 0.6) is 0 Å². The molecule has 3 N–H and O–H groups in total. The van der Waals surface area contributed by atoms with Crippen LogP contribution in [0.4, 0.5) is 0 Å². The van der Waals surface area contributed by atoms with Crippen LogP contribution in [0, 0.1) is 5.92 Å². The molecule has 8 heteroatoms. The van der Waals surface area contributed by atoms with Crippen LogP contribution in [0.2, 0.25) is 0 Å². The summed E-state index contributed by atoms with van der Waals surface area (Å²) in [5.74, 6) is -1.37. The normalized spacial score (nSPS) is 30.0. The minimum atomic E-state index is -1.41. The third-order valence-corrected chi connectivity index (χ3v) is 6.86. The van der Waals surface area contributed by atoms with Crippen molar-refractivity contribution in [2.24, 2.45) is 5.92 Å². The van der Waals surface area contributed by atoms with E-state index in [1.165, 1.54) is 6.92 Å². The molecular formula is C30H43NO7. The highest BCUT2D eigenvalue weighted by Crippen LogP contribution is 2.27. The number of carbonyl (C=O) groups is 2. The molecule has 0 bridgehead atoms. The first kappa shape index (κ1) is 31.4. The van der Waals surface area contributed by atoms with E-state index >= 15 is 0 Å². The number of ether oxygens (including phenoxy) is 2. The lowest BCUT2D eigenvalue weighted by Gasteiger charge is -2.32. The van der Waals surface area contributed by atoms with Gasteiger partial charge in [-0.25, -0.2) is 0 Å². The Bertz CT molecular complexity index is 1030. The zero-order valence-corrected chi connectivity index (χ0v) is 23.3. The first-order valence-corrected chi connectivity index (χ1v) is 13.2. The Morgan fingerprint density at radius 2 is 1.95 bits per heavy atom. The molecule has 8 nitrogen and oxygen atoms in total. The molecular weight excluding hydrogens is 486 g/mol. The maximum Gasteiger partial charge on any atom is 0.309 e. The van der Waals surface area contributed by atoms with E-state index in [9.17, 15) is 24.9 Å². The van der Waals surface area contributed by atoms with Crippen LogP contribution in [0.25, 0.3) is 0 Å². The molecule has 210 valence electrons. The van der Waals surface area contributed by atoms with Gasteiger partial charge in [0.15, 0.2) is 0 Å². The van der Waals surface area contributed by atoms with Gasteiger partial charge < -0.3 is 24.8 Å². The summed E-state index contributed by atoms with van der Waals surface area (Å²) in [6.07, 6.45) is 6.73. The summed E-state index contributed by atoms with van der Waals surface area (Å²) in [6.45, 7) is 10.6. The molecule has 0 aliphatic carbocycles. The van der Waals surface area contributed by atoms with Gasteiger partial charge in [0.1, 0.15) is 17.8 Å². The Kier molecular flexibility index (Phi) is 11.9. The highest BCUT2D eigenvalue weighted by atomic mass is 16.6. The molecule has 38 heavy (non-hydrogen) atoms. The maximum absolute atomic E-state index is 12.6. The van der Waals surface area contributed by atoms with Crippen LogP contribution in [-0.2, 0) is 19.1 Å². The van der Waals surface area contributed by atoms with Crippen molar-refractivity contribution in [2.75, 3.05) is 6.61 Å². The molecule has 0 fully saturated rings. The maximum atomic E-state index is 12.6. The summed E-state index contributed by atoms with van der Waals surface area (Å²) >= 11 is 0. The van der Waals surface area contributed by atoms with Crippen molar-refractivity contribution in [1.29, 1.82) is 0 Å². The van der Waals surface area contributed by atoms with Gasteiger partial charge in [0.05, 0.1) is 19.1 Å². The molecule has 0 saturated heterocycles. The van der Waals surface area contributed by atoms with Gasteiger partial charge in [-0.2, -0.15) is 0 Å². The number of aliphatic hydroxyl groups excluding tert-OH is 2. The molecule has 2 rings (SSSR count). The highest BCUT2D eigenvalue weighted by molar-refractivity contribution is 5.70. The Labute approximate surface area is 226 Å². The standard InChI is InChI=1S/C30H43NO7/c1-19(25-11-8-12-26(31-25)22(4)18-32)9-7-10-20(2)29-21(3)13-14-27(37-23(5)33)30(6,36)16-15-24(34)17-28(35)38-29/h7-14,19,21-22,24,27,29,32,34,36H,15-18H2,1-6H3/b9-7+,14-13-,20-10+/t19?,21-,22-,24-,27-,29+,30-/m0/s1. The summed E-state index contributed by atoms with van der Waals surface area (Å²) in [5.41, 5.74) is 1.10. The van der Waals surface area contributed by atoms with E-state index in [0.717, 1.165) is 17.0 Å². The Morgan fingerprint density at radius 3 is 2.61 bits per heavy atom. The predicted octanol–water partition coefficient (Wildman–Crippen LogP) is 4.12.